The zero-order valence-electron chi connectivity index (χ0n) is 13.0. The first-order valence-corrected chi connectivity index (χ1v) is 6.98. The third-order valence-corrected chi connectivity index (χ3v) is 3.52. The van der Waals surface area contributed by atoms with Gasteiger partial charge in [0.1, 0.15) is 18.0 Å². The van der Waals surface area contributed by atoms with Crippen LogP contribution in [0, 0.1) is 0 Å². The zero-order valence-corrected chi connectivity index (χ0v) is 13.0. The van der Waals surface area contributed by atoms with Gasteiger partial charge in [-0.15, -0.1) is 0 Å². The highest BCUT2D eigenvalue weighted by Gasteiger charge is 2.40. The maximum Gasteiger partial charge on any atom is 0.351 e. The van der Waals surface area contributed by atoms with Gasteiger partial charge >= 0.3 is 11.9 Å². The Balaban J connectivity index is 3.14. The molecular formula is C14H22N2O7. The van der Waals surface area contributed by atoms with Crippen molar-refractivity contribution < 1.29 is 34.8 Å². The summed E-state index contributed by atoms with van der Waals surface area (Å²) >= 11 is 0. The molecule has 0 spiro atoms. The van der Waals surface area contributed by atoms with Gasteiger partial charge in [-0.25, -0.2) is 4.79 Å². The molecule has 0 aromatic carbocycles. The Morgan fingerprint density at radius 1 is 1.43 bits per heavy atom. The third kappa shape index (κ3) is 4.86. The van der Waals surface area contributed by atoms with Crippen molar-refractivity contribution in [2.24, 2.45) is 0 Å². The molecule has 23 heavy (non-hydrogen) atoms. The van der Waals surface area contributed by atoms with Gasteiger partial charge in [-0.05, 0) is 6.92 Å². The molecule has 1 rings (SSSR count). The highest BCUT2D eigenvalue weighted by atomic mass is 16.5. The fourth-order valence-electron chi connectivity index (χ4n) is 2.46. The second-order valence-corrected chi connectivity index (χ2v) is 5.26. The van der Waals surface area contributed by atoms with Gasteiger partial charge in [-0.1, -0.05) is 6.08 Å². The molecular weight excluding hydrogens is 308 g/mol. The summed E-state index contributed by atoms with van der Waals surface area (Å²) < 4.78 is 5.26. The number of nitrogens with one attached hydrogen (secondary N) is 2. The predicted octanol–water partition coefficient (Wildman–Crippen LogP) is -1.02. The summed E-state index contributed by atoms with van der Waals surface area (Å²) in [5.74, 6) is -1.98. The number of aliphatic carboxylic acids is 2. The molecule has 2 atom stereocenters. The Morgan fingerprint density at radius 3 is 2.52 bits per heavy atom. The van der Waals surface area contributed by atoms with Crippen molar-refractivity contribution in [2.75, 3.05) is 20.3 Å². The van der Waals surface area contributed by atoms with E-state index in [4.69, 9.17) is 14.9 Å². The first kappa shape index (κ1) is 18.8. The highest BCUT2D eigenvalue weighted by Crippen LogP contribution is 2.32. The number of ether oxygens (including phenoxy) is 1. The summed E-state index contributed by atoms with van der Waals surface area (Å²) in [7, 11) is 1.37. The van der Waals surface area contributed by atoms with Crippen molar-refractivity contribution in [3.8, 4) is 0 Å². The molecule has 0 amide bonds. The summed E-state index contributed by atoms with van der Waals surface area (Å²) in [4.78, 5) is 21.9. The zero-order chi connectivity index (χ0) is 17.6. The predicted molar refractivity (Wildman–Crippen MR) is 79.3 cm³/mol. The van der Waals surface area contributed by atoms with E-state index in [1.807, 2.05) is 0 Å². The topological polar surface area (TPSA) is 148 Å². The van der Waals surface area contributed by atoms with Gasteiger partial charge in [0.15, 0.2) is 0 Å². The van der Waals surface area contributed by atoms with E-state index in [0.717, 1.165) is 0 Å². The van der Waals surface area contributed by atoms with Crippen LogP contribution < -0.4 is 10.6 Å². The number of aliphatic hydroxyl groups is 2. The average molecular weight is 330 g/mol. The standard InChI is InChI=1S/C14H22N2O7/c1-3-8(13(20)21)16-10-5-14(22,7-17)4-9(12(10)23-2)15-6-11(18)19/h3,10,15-17,22H,4-7H2,1-2H3,(H,18,19)(H,20,21). The summed E-state index contributed by atoms with van der Waals surface area (Å²) in [5, 5.41) is 43.0. The molecule has 0 radical (unpaired) electrons. The van der Waals surface area contributed by atoms with Crippen molar-refractivity contribution in [3.63, 3.8) is 0 Å². The quantitative estimate of drug-likeness (QED) is 0.308. The number of rotatable bonds is 8. The molecule has 130 valence electrons. The minimum Gasteiger partial charge on any atom is -0.497 e. The van der Waals surface area contributed by atoms with Gasteiger partial charge in [-0.3, -0.25) is 4.79 Å². The summed E-state index contributed by atoms with van der Waals surface area (Å²) in [6, 6.07) is -0.732. The van der Waals surface area contributed by atoms with Crippen LogP contribution in [0.5, 0.6) is 0 Å². The van der Waals surface area contributed by atoms with Crippen molar-refractivity contribution in [1.29, 1.82) is 0 Å². The van der Waals surface area contributed by atoms with Crippen LogP contribution in [0.2, 0.25) is 0 Å². The van der Waals surface area contributed by atoms with Crippen molar-refractivity contribution in [1.82, 2.24) is 10.6 Å². The second-order valence-electron chi connectivity index (χ2n) is 5.26. The molecule has 9 heteroatoms. The van der Waals surface area contributed by atoms with Gasteiger partial charge in [0.25, 0.3) is 0 Å². The van der Waals surface area contributed by atoms with E-state index in [0.29, 0.717) is 11.5 Å². The van der Waals surface area contributed by atoms with E-state index in [1.165, 1.54) is 20.1 Å². The molecule has 0 fully saturated rings. The lowest BCUT2D eigenvalue weighted by Gasteiger charge is -2.38. The Kier molecular flexibility index (Phi) is 6.40. The van der Waals surface area contributed by atoms with Crippen LogP contribution in [-0.2, 0) is 14.3 Å². The molecule has 0 aromatic rings. The fraction of sp³-hybridized carbons (Fsp3) is 0.571. The number of aliphatic hydroxyl groups excluding tert-OH is 1. The number of carboxylic acid groups (broad SMARTS) is 2. The van der Waals surface area contributed by atoms with E-state index >= 15 is 0 Å². The average Bonchev–Trinajstić information content (AvgIpc) is 2.49. The molecule has 2 unspecified atom stereocenters. The number of hydrogen-bond acceptors (Lipinski definition) is 7. The molecule has 0 heterocycles. The number of carbonyl (C=O) groups is 2. The van der Waals surface area contributed by atoms with Crippen molar-refractivity contribution in [3.05, 3.63) is 23.2 Å². The van der Waals surface area contributed by atoms with Crippen LogP contribution in [0.25, 0.3) is 0 Å². The number of allylic oxidation sites excluding steroid dienone is 1. The van der Waals surface area contributed by atoms with Crippen molar-refractivity contribution >= 4 is 11.9 Å². The van der Waals surface area contributed by atoms with Crippen LogP contribution in [0.4, 0.5) is 0 Å². The third-order valence-electron chi connectivity index (χ3n) is 3.52. The number of hydrogen-bond donors (Lipinski definition) is 6. The van der Waals surface area contributed by atoms with Crippen molar-refractivity contribution in [2.45, 2.75) is 31.4 Å². The molecule has 6 N–H and O–H groups in total. The van der Waals surface area contributed by atoms with Gasteiger partial charge in [-0.2, -0.15) is 0 Å². The lowest BCUT2D eigenvalue weighted by atomic mass is 9.83. The molecule has 9 nitrogen and oxygen atoms in total. The maximum atomic E-state index is 11.1. The minimum absolute atomic E-state index is 0.00947. The number of carboxylic acids is 2. The first-order valence-electron chi connectivity index (χ1n) is 6.98. The summed E-state index contributed by atoms with van der Waals surface area (Å²) in [6.45, 7) is 0.585. The highest BCUT2D eigenvalue weighted by molar-refractivity contribution is 5.85. The Hall–Kier alpha value is -2.26. The van der Waals surface area contributed by atoms with Crippen LogP contribution in [-0.4, -0.2) is 64.3 Å². The van der Waals surface area contributed by atoms with Crippen LogP contribution in [0.15, 0.2) is 23.2 Å². The Morgan fingerprint density at radius 2 is 2.09 bits per heavy atom. The van der Waals surface area contributed by atoms with E-state index in [2.05, 4.69) is 10.6 Å². The molecule has 1 aliphatic carbocycles. The SMILES string of the molecule is CC=C(NC1CC(O)(CO)CC(NCC(=O)O)=C1OC)C(=O)O. The van der Waals surface area contributed by atoms with E-state index in [-0.39, 0.29) is 18.5 Å². The Bertz CT molecular complexity index is 529. The smallest absolute Gasteiger partial charge is 0.351 e. The van der Waals surface area contributed by atoms with Gasteiger partial charge in [0.05, 0.1) is 31.1 Å². The lowest BCUT2D eigenvalue weighted by molar-refractivity contribution is -0.136. The Labute approximate surface area is 133 Å². The lowest BCUT2D eigenvalue weighted by Crippen LogP contribution is -2.50. The number of methoxy groups -OCH3 is 1. The summed E-state index contributed by atoms with van der Waals surface area (Å²) in [6.07, 6.45) is 1.33. The second kappa shape index (κ2) is 7.84. The van der Waals surface area contributed by atoms with Gasteiger partial charge in [0.2, 0.25) is 0 Å². The maximum absolute atomic E-state index is 11.1. The molecule has 1 aliphatic rings. The van der Waals surface area contributed by atoms with Crippen LogP contribution in [0.1, 0.15) is 19.8 Å². The van der Waals surface area contributed by atoms with Gasteiger partial charge < -0.3 is 35.8 Å². The van der Waals surface area contributed by atoms with Crippen LogP contribution >= 0.6 is 0 Å². The molecule has 0 bridgehead atoms. The van der Waals surface area contributed by atoms with E-state index in [1.54, 1.807) is 0 Å². The molecule has 0 saturated heterocycles. The monoisotopic (exact) mass is 330 g/mol. The largest absolute Gasteiger partial charge is 0.497 e. The first-order chi connectivity index (χ1) is 10.8. The molecule has 0 saturated carbocycles. The molecule has 0 aliphatic heterocycles. The molecule has 0 aromatic heterocycles. The van der Waals surface area contributed by atoms with Gasteiger partial charge in [0, 0.05) is 12.8 Å². The fourth-order valence-corrected chi connectivity index (χ4v) is 2.46. The van der Waals surface area contributed by atoms with Crippen LogP contribution in [0.3, 0.4) is 0 Å². The van der Waals surface area contributed by atoms with E-state index < -0.39 is 36.7 Å². The minimum atomic E-state index is -1.52. The normalized spacial score (nSPS) is 25.0. The van der Waals surface area contributed by atoms with E-state index in [9.17, 15) is 19.8 Å². The summed E-state index contributed by atoms with van der Waals surface area (Å²) in [5.41, 5.74) is -1.31.